The third-order valence-corrected chi connectivity index (χ3v) is 4.63. The van der Waals surface area contributed by atoms with Crippen molar-refractivity contribution in [2.24, 2.45) is 14.1 Å². The van der Waals surface area contributed by atoms with Crippen LogP contribution in [0.4, 0.5) is 5.69 Å². The number of benzene rings is 2. The molecule has 1 aromatic heterocycles. The summed E-state index contributed by atoms with van der Waals surface area (Å²) in [4.78, 5) is 24.3. The molecule has 0 saturated carbocycles. The highest BCUT2D eigenvalue weighted by Gasteiger charge is 2.14. The van der Waals surface area contributed by atoms with Gasteiger partial charge in [0.05, 0.1) is 11.0 Å². The average Bonchev–Trinajstić information content (AvgIpc) is 3.19. The van der Waals surface area contributed by atoms with Crippen LogP contribution in [0.2, 0.25) is 0 Å². The lowest BCUT2D eigenvalue weighted by molar-refractivity contribution is -0.116. The molecule has 7 nitrogen and oxygen atoms in total. The minimum atomic E-state index is -0.0914. The first-order valence-corrected chi connectivity index (χ1v) is 8.37. The topological polar surface area (TPSA) is 74.5 Å². The summed E-state index contributed by atoms with van der Waals surface area (Å²) in [5.74, 6) is 1.38. The molecule has 0 radical (unpaired) electrons. The Morgan fingerprint density at radius 3 is 2.65 bits per heavy atom. The van der Waals surface area contributed by atoms with E-state index in [1.165, 1.54) is 0 Å². The molecule has 0 unspecified atom stereocenters. The van der Waals surface area contributed by atoms with Crippen molar-refractivity contribution in [3.63, 3.8) is 0 Å². The Bertz CT molecular complexity index is 1060. The number of ether oxygens (including phenoxy) is 2. The molecule has 134 valence electrons. The molecule has 3 aromatic rings. The number of rotatable bonds is 4. The lowest BCUT2D eigenvalue weighted by Crippen LogP contribution is -2.19. The fourth-order valence-corrected chi connectivity index (χ4v) is 3.16. The fraction of sp³-hybridized carbons (Fsp3) is 0.263. The Morgan fingerprint density at radius 2 is 1.81 bits per heavy atom. The number of carbonyl (C=O) groups is 1. The molecule has 1 aliphatic rings. The summed E-state index contributed by atoms with van der Waals surface area (Å²) in [5.41, 5.74) is 3.22. The number of amides is 1. The maximum atomic E-state index is 12.3. The van der Waals surface area contributed by atoms with Gasteiger partial charge in [-0.05, 0) is 42.3 Å². The third-order valence-electron chi connectivity index (χ3n) is 4.63. The molecule has 4 rings (SSSR count). The monoisotopic (exact) mass is 353 g/mol. The summed E-state index contributed by atoms with van der Waals surface area (Å²) in [7, 11) is 3.45. The molecule has 0 bridgehead atoms. The van der Waals surface area contributed by atoms with Crippen molar-refractivity contribution in [1.29, 1.82) is 0 Å². The van der Waals surface area contributed by atoms with Crippen LogP contribution in [0.3, 0.4) is 0 Å². The fourth-order valence-electron chi connectivity index (χ4n) is 3.16. The van der Waals surface area contributed by atoms with Crippen LogP contribution in [0.1, 0.15) is 12.0 Å². The molecule has 1 N–H and O–H groups in total. The Morgan fingerprint density at radius 1 is 1.04 bits per heavy atom. The number of anilines is 1. The van der Waals surface area contributed by atoms with Gasteiger partial charge in [0.1, 0.15) is 0 Å². The van der Waals surface area contributed by atoms with E-state index < -0.39 is 0 Å². The van der Waals surface area contributed by atoms with Gasteiger partial charge >= 0.3 is 5.69 Å². The number of nitrogens with zero attached hydrogens (tertiary/aromatic N) is 2. The van der Waals surface area contributed by atoms with Crippen LogP contribution >= 0.6 is 0 Å². The van der Waals surface area contributed by atoms with Gasteiger partial charge in [0.2, 0.25) is 12.7 Å². The van der Waals surface area contributed by atoms with Crippen LogP contribution in [0.5, 0.6) is 11.5 Å². The summed E-state index contributed by atoms with van der Waals surface area (Å²) in [5, 5.41) is 2.89. The lowest BCUT2D eigenvalue weighted by Gasteiger charge is -2.07. The second-order valence-electron chi connectivity index (χ2n) is 6.34. The molecule has 0 aliphatic carbocycles. The van der Waals surface area contributed by atoms with Crippen molar-refractivity contribution in [1.82, 2.24) is 9.13 Å². The van der Waals surface area contributed by atoms with E-state index in [9.17, 15) is 9.59 Å². The first-order chi connectivity index (χ1) is 12.5. The molecular weight excluding hydrogens is 334 g/mol. The number of hydrogen-bond acceptors (Lipinski definition) is 4. The van der Waals surface area contributed by atoms with Crippen LogP contribution < -0.4 is 20.5 Å². The van der Waals surface area contributed by atoms with Crippen molar-refractivity contribution in [2.45, 2.75) is 12.8 Å². The standard InChI is InChI=1S/C19H19N3O4/c1-21-14-6-5-13(10-15(14)22(2)19(21)24)20-18(23)8-4-12-3-7-16-17(9-12)26-11-25-16/h3,5-7,9-10H,4,8,11H2,1-2H3,(H,20,23). The van der Waals surface area contributed by atoms with E-state index in [1.807, 2.05) is 30.3 Å². The number of hydrogen-bond donors (Lipinski definition) is 1. The van der Waals surface area contributed by atoms with Gasteiger partial charge in [-0.3, -0.25) is 13.9 Å². The van der Waals surface area contributed by atoms with Gasteiger partial charge in [0, 0.05) is 26.2 Å². The number of aryl methyl sites for hydroxylation is 3. The molecule has 0 atom stereocenters. The highest BCUT2D eigenvalue weighted by atomic mass is 16.7. The Hall–Kier alpha value is -3.22. The van der Waals surface area contributed by atoms with E-state index in [1.54, 1.807) is 29.3 Å². The summed E-state index contributed by atoms with van der Waals surface area (Å²) in [6.45, 7) is 0.240. The van der Waals surface area contributed by atoms with Crippen LogP contribution in [0, 0.1) is 0 Å². The predicted octanol–water partition coefficient (Wildman–Crippen LogP) is 2.18. The Balaban J connectivity index is 1.44. The highest BCUT2D eigenvalue weighted by molar-refractivity contribution is 5.93. The number of carbonyl (C=O) groups excluding carboxylic acids is 1. The average molecular weight is 353 g/mol. The SMILES string of the molecule is Cn1c(=O)n(C)c2cc(NC(=O)CCc3ccc4c(c3)OCO4)ccc21. The lowest BCUT2D eigenvalue weighted by atomic mass is 10.1. The molecule has 2 heterocycles. The molecular formula is C19H19N3O4. The maximum absolute atomic E-state index is 12.3. The van der Waals surface area contributed by atoms with E-state index in [0.29, 0.717) is 18.5 Å². The van der Waals surface area contributed by atoms with E-state index in [-0.39, 0.29) is 18.4 Å². The van der Waals surface area contributed by atoms with Gasteiger partial charge in [0.25, 0.3) is 0 Å². The van der Waals surface area contributed by atoms with E-state index in [0.717, 1.165) is 28.1 Å². The smallest absolute Gasteiger partial charge is 0.328 e. The summed E-state index contributed by atoms with van der Waals surface area (Å²) < 4.78 is 13.8. The molecule has 0 fully saturated rings. The molecule has 0 saturated heterocycles. The van der Waals surface area contributed by atoms with Gasteiger partial charge in [-0.1, -0.05) is 6.07 Å². The number of fused-ring (bicyclic) bond motifs is 2. The van der Waals surface area contributed by atoms with Crippen molar-refractivity contribution in [3.05, 3.63) is 52.4 Å². The first-order valence-electron chi connectivity index (χ1n) is 8.37. The normalized spacial score (nSPS) is 12.5. The Kier molecular flexibility index (Phi) is 3.91. The second-order valence-corrected chi connectivity index (χ2v) is 6.34. The van der Waals surface area contributed by atoms with E-state index >= 15 is 0 Å². The number of imidazole rings is 1. The molecule has 26 heavy (non-hydrogen) atoms. The molecule has 7 heteroatoms. The minimum Gasteiger partial charge on any atom is -0.454 e. The van der Waals surface area contributed by atoms with Crippen molar-refractivity contribution in [2.75, 3.05) is 12.1 Å². The van der Waals surface area contributed by atoms with Gasteiger partial charge in [-0.15, -0.1) is 0 Å². The zero-order valence-electron chi connectivity index (χ0n) is 14.6. The summed E-state index contributed by atoms with van der Waals surface area (Å²) in [6.07, 6.45) is 0.958. The number of nitrogens with one attached hydrogen (secondary N) is 1. The van der Waals surface area contributed by atoms with E-state index in [4.69, 9.17) is 9.47 Å². The highest BCUT2D eigenvalue weighted by Crippen LogP contribution is 2.32. The second kappa shape index (κ2) is 6.25. The van der Waals surface area contributed by atoms with Crippen molar-refractivity contribution in [3.8, 4) is 11.5 Å². The predicted molar refractivity (Wildman–Crippen MR) is 97.7 cm³/mol. The van der Waals surface area contributed by atoms with Crippen LogP contribution in [-0.4, -0.2) is 21.8 Å². The van der Waals surface area contributed by atoms with Gasteiger partial charge < -0.3 is 14.8 Å². The molecule has 1 aliphatic heterocycles. The van der Waals surface area contributed by atoms with Crippen LogP contribution in [0.25, 0.3) is 11.0 Å². The van der Waals surface area contributed by atoms with Crippen LogP contribution in [0.15, 0.2) is 41.2 Å². The largest absolute Gasteiger partial charge is 0.454 e. The molecule has 0 spiro atoms. The van der Waals surface area contributed by atoms with Gasteiger partial charge in [0.15, 0.2) is 11.5 Å². The quantitative estimate of drug-likeness (QED) is 0.780. The first kappa shape index (κ1) is 16.3. The Labute approximate surface area is 149 Å². The zero-order chi connectivity index (χ0) is 18.3. The molecule has 2 aromatic carbocycles. The maximum Gasteiger partial charge on any atom is 0.328 e. The molecule has 1 amide bonds. The minimum absolute atomic E-state index is 0.0806. The zero-order valence-corrected chi connectivity index (χ0v) is 14.6. The number of aromatic nitrogens is 2. The van der Waals surface area contributed by atoms with Gasteiger partial charge in [-0.25, -0.2) is 4.79 Å². The van der Waals surface area contributed by atoms with E-state index in [2.05, 4.69) is 5.32 Å². The van der Waals surface area contributed by atoms with Crippen molar-refractivity contribution < 1.29 is 14.3 Å². The summed E-state index contributed by atoms with van der Waals surface area (Å²) >= 11 is 0. The van der Waals surface area contributed by atoms with Crippen LogP contribution in [-0.2, 0) is 25.3 Å². The van der Waals surface area contributed by atoms with Gasteiger partial charge in [-0.2, -0.15) is 0 Å². The summed E-state index contributed by atoms with van der Waals surface area (Å²) in [6, 6.07) is 11.2. The van der Waals surface area contributed by atoms with Crippen molar-refractivity contribution >= 4 is 22.6 Å². The third kappa shape index (κ3) is 2.81.